The van der Waals surface area contributed by atoms with Gasteiger partial charge in [-0.2, -0.15) is 0 Å². The van der Waals surface area contributed by atoms with Gasteiger partial charge >= 0.3 is 0 Å². The van der Waals surface area contributed by atoms with Gasteiger partial charge in [-0.3, -0.25) is 9.69 Å². The van der Waals surface area contributed by atoms with Crippen molar-refractivity contribution in [2.24, 2.45) is 11.8 Å². The fraction of sp³-hybridized carbons (Fsp3) is 0.533. The normalized spacial score (nSPS) is 27.6. The predicted molar refractivity (Wildman–Crippen MR) is 67.9 cm³/mol. The maximum Gasteiger partial charge on any atom is 0.159 e. The average Bonchev–Trinajstić information content (AvgIpc) is 2.28. The number of hydrogen-bond donors (Lipinski definition) is 0. The number of carbonyl (C=O) groups is 1. The molecule has 90 valence electrons. The van der Waals surface area contributed by atoms with Crippen molar-refractivity contribution in [3.05, 3.63) is 35.4 Å². The highest BCUT2D eigenvalue weighted by atomic mass is 16.1. The van der Waals surface area contributed by atoms with Crippen LogP contribution in [0.3, 0.4) is 0 Å². The molecule has 0 atom stereocenters. The van der Waals surface area contributed by atoms with Crippen LogP contribution >= 0.6 is 0 Å². The highest BCUT2D eigenvalue weighted by Gasteiger charge is 2.36. The Balaban J connectivity index is 1.63. The van der Waals surface area contributed by atoms with E-state index >= 15 is 0 Å². The van der Waals surface area contributed by atoms with Gasteiger partial charge in [0.2, 0.25) is 0 Å². The minimum atomic E-state index is 0.149. The van der Waals surface area contributed by atoms with E-state index in [2.05, 4.69) is 17.0 Å². The van der Waals surface area contributed by atoms with Crippen LogP contribution in [0, 0.1) is 11.8 Å². The summed E-state index contributed by atoms with van der Waals surface area (Å²) in [5.74, 6) is 2.08. The van der Waals surface area contributed by atoms with E-state index in [-0.39, 0.29) is 5.78 Å². The third-order valence-corrected chi connectivity index (χ3v) is 4.13. The first-order valence-corrected chi connectivity index (χ1v) is 6.53. The molecule has 0 spiro atoms. The number of carbonyl (C=O) groups excluding carboxylic acids is 1. The Morgan fingerprint density at radius 2 is 1.76 bits per heavy atom. The lowest BCUT2D eigenvalue weighted by molar-refractivity contribution is 0.0228. The van der Waals surface area contributed by atoms with Gasteiger partial charge in [0.1, 0.15) is 0 Å². The quantitative estimate of drug-likeness (QED) is 0.743. The molecular weight excluding hydrogens is 210 g/mol. The monoisotopic (exact) mass is 229 g/mol. The molecule has 0 amide bonds. The first-order valence-electron chi connectivity index (χ1n) is 6.53. The van der Waals surface area contributed by atoms with Crippen molar-refractivity contribution in [3.63, 3.8) is 0 Å². The SMILES string of the molecule is CC(=O)c1ccc(CN2CC3CC(C3)C2)cc1. The number of rotatable bonds is 3. The number of fused-ring (bicyclic) bond motifs is 2. The molecule has 3 fully saturated rings. The summed E-state index contributed by atoms with van der Waals surface area (Å²) >= 11 is 0. The first kappa shape index (κ1) is 11.0. The van der Waals surface area contributed by atoms with Crippen molar-refractivity contribution in [2.75, 3.05) is 13.1 Å². The van der Waals surface area contributed by atoms with Gasteiger partial charge in [-0.25, -0.2) is 0 Å². The summed E-state index contributed by atoms with van der Waals surface area (Å²) in [7, 11) is 0. The summed E-state index contributed by atoms with van der Waals surface area (Å²) in [6.07, 6.45) is 2.92. The Kier molecular flexibility index (Phi) is 2.75. The summed E-state index contributed by atoms with van der Waals surface area (Å²) in [4.78, 5) is 13.7. The van der Waals surface area contributed by atoms with Crippen LogP contribution in [0.25, 0.3) is 0 Å². The zero-order chi connectivity index (χ0) is 11.8. The first-order chi connectivity index (χ1) is 8.20. The third-order valence-electron chi connectivity index (χ3n) is 4.13. The predicted octanol–water partition coefficient (Wildman–Crippen LogP) is 2.73. The van der Waals surface area contributed by atoms with Crippen LogP contribution in [0.15, 0.2) is 24.3 Å². The van der Waals surface area contributed by atoms with Crippen molar-refractivity contribution in [2.45, 2.75) is 26.3 Å². The minimum Gasteiger partial charge on any atom is -0.299 e. The molecule has 0 unspecified atom stereocenters. The highest BCUT2D eigenvalue weighted by Crippen LogP contribution is 2.39. The summed E-state index contributed by atoms with van der Waals surface area (Å²) in [5, 5.41) is 0. The van der Waals surface area contributed by atoms with Gasteiger partial charge in [-0.15, -0.1) is 0 Å². The van der Waals surface area contributed by atoms with Gasteiger partial charge in [-0.1, -0.05) is 24.3 Å². The minimum absolute atomic E-state index is 0.149. The Hall–Kier alpha value is -1.15. The van der Waals surface area contributed by atoms with Gasteiger partial charge in [-0.05, 0) is 37.2 Å². The lowest BCUT2D eigenvalue weighted by Gasteiger charge is -2.47. The lowest BCUT2D eigenvalue weighted by Crippen LogP contribution is -2.47. The summed E-state index contributed by atoms with van der Waals surface area (Å²) in [6.45, 7) is 5.20. The van der Waals surface area contributed by atoms with E-state index in [1.165, 1.54) is 31.5 Å². The number of Topliss-reactive ketones (excluding diaryl/α,β-unsaturated/α-hetero) is 1. The van der Waals surface area contributed by atoms with E-state index in [0.717, 1.165) is 23.9 Å². The molecule has 2 bridgehead atoms. The number of ketones is 1. The molecular formula is C15H19NO. The zero-order valence-electron chi connectivity index (χ0n) is 10.4. The van der Waals surface area contributed by atoms with E-state index < -0.39 is 0 Å². The van der Waals surface area contributed by atoms with E-state index in [0.29, 0.717) is 0 Å². The van der Waals surface area contributed by atoms with Gasteiger partial charge in [0.15, 0.2) is 5.78 Å². The van der Waals surface area contributed by atoms with E-state index in [1.807, 2.05) is 12.1 Å². The second kappa shape index (κ2) is 4.26. The Morgan fingerprint density at radius 1 is 1.18 bits per heavy atom. The molecule has 4 rings (SSSR count). The van der Waals surface area contributed by atoms with Crippen LogP contribution in [-0.4, -0.2) is 23.8 Å². The molecule has 2 heterocycles. The smallest absolute Gasteiger partial charge is 0.159 e. The molecule has 2 aliphatic heterocycles. The molecule has 0 N–H and O–H groups in total. The molecule has 1 saturated carbocycles. The molecule has 0 radical (unpaired) electrons. The molecule has 2 saturated heterocycles. The Labute approximate surface area is 103 Å². The van der Waals surface area contributed by atoms with Crippen molar-refractivity contribution in [3.8, 4) is 0 Å². The number of piperidine rings is 2. The average molecular weight is 229 g/mol. The second-order valence-electron chi connectivity index (χ2n) is 5.65. The molecule has 1 aromatic rings. The van der Waals surface area contributed by atoms with E-state index in [1.54, 1.807) is 6.92 Å². The topological polar surface area (TPSA) is 20.3 Å². The molecule has 2 nitrogen and oxygen atoms in total. The van der Waals surface area contributed by atoms with E-state index in [9.17, 15) is 4.79 Å². The molecule has 1 aromatic carbocycles. The van der Waals surface area contributed by atoms with Gasteiger partial charge < -0.3 is 0 Å². The molecule has 2 heteroatoms. The lowest BCUT2D eigenvalue weighted by atomic mass is 9.71. The standard InChI is InChI=1S/C15H19NO/c1-11(17)15-4-2-12(3-5-15)8-16-9-13-6-14(7-13)10-16/h2-5,13-14H,6-10H2,1H3. The number of nitrogens with zero attached hydrogens (tertiary/aromatic N) is 1. The van der Waals surface area contributed by atoms with Crippen LogP contribution < -0.4 is 0 Å². The molecule has 1 aliphatic carbocycles. The second-order valence-corrected chi connectivity index (χ2v) is 5.65. The fourth-order valence-electron chi connectivity index (χ4n) is 3.21. The van der Waals surface area contributed by atoms with Crippen molar-refractivity contribution in [1.29, 1.82) is 0 Å². The highest BCUT2D eigenvalue weighted by molar-refractivity contribution is 5.93. The van der Waals surface area contributed by atoms with Crippen LogP contribution in [0.4, 0.5) is 0 Å². The van der Waals surface area contributed by atoms with Crippen molar-refractivity contribution in [1.82, 2.24) is 4.90 Å². The molecule has 3 aliphatic rings. The van der Waals surface area contributed by atoms with Gasteiger partial charge in [0.25, 0.3) is 0 Å². The van der Waals surface area contributed by atoms with Crippen LogP contribution in [0.5, 0.6) is 0 Å². The van der Waals surface area contributed by atoms with Crippen LogP contribution in [0.1, 0.15) is 35.7 Å². The maximum absolute atomic E-state index is 11.2. The zero-order valence-corrected chi connectivity index (χ0v) is 10.4. The Morgan fingerprint density at radius 3 is 2.29 bits per heavy atom. The molecule has 17 heavy (non-hydrogen) atoms. The largest absolute Gasteiger partial charge is 0.299 e. The van der Waals surface area contributed by atoms with Crippen LogP contribution in [-0.2, 0) is 6.54 Å². The summed E-state index contributed by atoms with van der Waals surface area (Å²) < 4.78 is 0. The maximum atomic E-state index is 11.2. The van der Waals surface area contributed by atoms with Crippen molar-refractivity contribution >= 4 is 5.78 Å². The van der Waals surface area contributed by atoms with Crippen LogP contribution in [0.2, 0.25) is 0 Å². The molecule has 0 aromatic heterocycles. The fourth-order valence-corrected chi connectivity index (χ4v) is 3.21. The van der Waals surface area contributed by atoms with E-state index in [4.69, 9.17) is 0 Å². The third kappa shape index (κ3) is 2.27. The van der Waals surface area contributed by atoms with Crippen molar-refractivity contribution < 1.29 is 4.79 Å². The Bertz CT molecular complexity index is 407. The summed E-state index contributed by atoms with van der Waals surface area (Å²) in [6, 6.07) is 8.08. The number of benzene rings is 1. The number of hydrogen-bond acceptors (Lipinski definition) is 2. The van der Waals surface area contributed by atoms with Gasteiger partial charge in [0, 0.05) is 25.2 Å². The summed E-state index contributed by atoms with van der Waals surface area (Å²) in [5.41, 5.74) is 2.14. The van der Waals surface area contributed by atoms with Gasteiger partial charge in [0.05, 0.1) is 0 Å².